The van der Waals surface area contributed by atoms with Gasteiger partial charge < -0.3 is 14.2 Å². The van der Waals surface area contributed by atoms with Crippen LogP contribution in [0.15, 0.2) is 22.8 Å². The van der Waals surface area contributed by atoms with E-state index in [4.69, 9.17) is 4.42 Å². The predicted molar refractivity (Wildman–Crippen MR) is 83.5 cm³/mol. The van der Waals surface area contributed by atoms with E-state index in [2.05, 4.69) is 0 Å². The summed E-state index contributed by atoms with van der Waals surface area (Å²) in [5.74, 6) is -0.536. The van der Waals surface area contributed by atoms with Gasteiger partial charge in [0.05, 0.1) is 25.4 Å². The molecule has 1 atom stereocenters. The minimum Gasteiger partial charge on any atom is -0.467 e. The summed E-state index contributed by atoms with van der Waals surface area (Å²) < 4.78 is 43.5. The highest BCUT2D eigenvalue weighted by Crippen LogP contribution is 2.21. The van der Waals surface area contributed by atoms with Crippen molar-refractivity contribution in [2.24, 2.45) is 0 Å². The molecule has 0 aliphatic carbocycles. The lowest BCUT2D eigenvalue weighted by Crippen LogP contribution is -2.48. The summed E-state index contributed by atoms with van der Waals surface area (Å²) in [5, 5.41) is 0. The number of rotatable bonds is 6. The van der Waals surface area contributed by atoms with E-state index < -0.39 is 24.7 Å². The number of hydrogen-bond donors (Lipinski definition) is 0. The summed E-state index contributed by atoms with van der Waals surface area (Å²) in [6.07, 6.45) is -1.83. The number of furan rings is 1. The number of likely N-dealkylation sites (N-methyl/N-ethyl adjacent to an activating group) is 1. The molecule has 0 bridgehead atoms. The first-order valence-corrected chi connectivity index (χ1v) is 7.99. The van der Waals surface area contributed by atoms with Crippen molar-refractivity contribution in [3.8, 4) is 0 Å². The Morgan fingerprint density at radius 1 is 1.36 bits per heavy atom. The van der Waals surface area contributed by atoms with Crippen LogP contribution in [-0.4, -0.2) is 72.5 Å². The fraction of sp³-hybridized carbons (Fsp3) is 0.625. The van der Waals surface area contributed by atoms with Crippen molar-refractivity contribution in [1.29, 1.82) is 0 Å². The van der Waals surface area contributed by atoms with Gasteiger partial charge in [-0.25, -0.2) is 0 Å². The summed E-state index contributed by atoms with van der Waals surface area (Å²) in [7, 11) is 3.24. The van der Waals surface area contributed by atoms with Gasteiger partial charge in [-0.15, -0.1) is 0 Å². The highest BCUT2D eigenvalue weighted by atomic mass is 19.4. The summed E-state index contributed by atoms with van der Waals surface area (Å²) >= 11 is 0. The number of likely N-dealkylation sites (tertiary alicyclic amines) is 1. The minimum absolute atomic E-state index is 0.140. The Balaban J connectivity index is 2.06. The van der Waals surface area contributed by atoms with Gasteiger partial charge in [-0.3, -0.25) is 14.5 Å². The van der Waals surface area contributed by atoms with Gasteiger partial charge in [0.15, 0.2) is 0 Å². The fourth-order valence-electron chi connectivity index (χ4n) is 2.91. The van der Waals surface area contributed by atoms with Crippen molar-refractivity contribution in [2.75, 3.05) is 33.7 Å². The first kappa shape index (κ1) is 19.3. The molecule has 1 aromatic heterocycles. The van der Waals surface area contributed by atoms with Crippen LogP contribution in [0.4, 0.5) is 13.2 Å². The van der Waals surface area contributed by atoms with Gasteiger partial charge in [0.1, 0.15) is 12.3 Å². The monoisotopic (exact) mass is 361 g/mol. The molecule has 2 amide bonds. The zero-order valence-corrected chi connectivity index (χ0v) is 14.3. The molecule has 1 saturated heterocycles. The molecule has 0 saturated carbocycles. The average molecular weight is 361 g/mol. The van der Waals surface area contributed by atoms with Gasteiger partial charge in [-0.2, -0.15) is 13.2 Å². The van der Waals surface area contributed by atoms with Crippen molar-refractivity contribution in [2.45, 2.75) is 31.6 Å². The average Bonchev–Trinajstić information content (AvgIpc) is 3.15. The molecule has 0 radical (unpaired) electrons. The molecule has 140 valence electrons. The van der Waals surface area contributed by atoms with Crippen LogP contribution in [-0.2, 0) is 16.1 Å². The van der Waals surface area contributed by atoms with Gasteiger partial charge in [0.25, 0.3) is 0 Å². The van der Waals surface area contributed by atoms with Crippen LogP contribution in [0.2, 0.25) is 0 Å². The Kier molecular flexibility index (Phi) is 6.10. The predicted octanol–water partition coefficient (Wildman–Crippen LogP) is 1.72. The van der Waals surface area contributed by atoms with Gasteiger partial charge in [-0.1, -0.05) is 0 Å². The molecule has 0 spiro atoms. The molecule has 1 aliphatic heterocycles. The van der Waals surface area contributed by atoms with Crippen LogP contribution in [0.5, 0.6) is 0 Å². The van der Waals surface area contributed by atoms with E-state index in [0.717, 1.165) is 6.42 Å². The van der Waals surface area contributed by atoms with Crippen LogP contribution in [0.1, 0.15) is 18.6 Å². The maximum absolute atomic E-state index is 12.8. The molecular formula is C16H22F3N3O3. The Morgan fingerprint density at radius 3 is 2.64 bits per heavy atom. The first-order valence-electron chi connectivity index (χ1n) is 7.99. The summed E-state index contributed by atoms with van der Waals surface area (Å²) in [6.45, 7) is -1.32. The SMILES string of the molecule is CN(C)C(=O)C1CCCN1CC(=O)N(Cc1ccco1)CC(F)(F)F. The highest BCUT2D eigenvalue weighted by Gasteiger charge is 2.37. The zero-order valence-electron chi connectivity index (χ0n) is 14.3. The first-order chi connectivity index (χ1) is 11.7. The number of carbonyl (C=O) groups is 2. The quantitative estimate of drug-likeness (QED) is 0.774. The van der Waals surface area contributed by atoms with Gasteiger partial charge >= 0.3 is 6.18 Å². The maximum atomic E-state index is 12.8. The second-order valence-electron chi connectivity index (χ2n) is 6.31. The van der Waals surface area contributed by atoms with E-state index in [0.29, 0.717) is 17.9 Å². The van der Waals surface area contributed by atoms with Gasteiger partial charge in [0.2, 0.25) is 11.8 Å². The Labute approximate surface area is 144 Å². The smallest absolute Gasteiger partial charge is 0.406 e. The van der Waals surface area contributed by atoms with Crippen molar-refractivity contribution in [3.63, 3.8) is 0 Å². The lowest BCUT2D eigenvalue weighted by Gasteiger charge is -2.29. The van der Waals surface area contributed by atoms with Crippen molar-refractivity contribution >= 4 is 11.8 Å². The molecule has 1 fully saturated rings. The molecule has 2 heterocycles. The molecule has 1 unspecified atom stereocenters. The molecule has 0 aromatic carbocycles. The van der Waals surface area contributed by atoms with E-state index in [1.165, 1.54) is 17.2 Å². The number of amides is 2. The molecule has 25 heavy (non-hydrogen) atoms. The van der Waals surface area contributed by atoms with E-state index in [9.17, 15) is 22.8 Å². The number of nitrogens with zero attached hydrogens (tertiary/aromatic N) is 3. The normalized spacial score (nSPS) is 18.4. The Bertz CT molecular complexity index is 587. The summed E-state index contributed by atoms with van der Waals surface area (Å²) in [5.41, 5.74) is 0. The fourth-order valence-corrected chi connectivity index (χ4v) is 2.91. The lowest BCUT2D eigenvalue weighted by molar-refractivity contribution is -0.163. The molecule has 1 aliphatic rings. The summed E-state index contributed by atoms with van der Waals surface area (Å²) in [4.78, 5) is 28.4. The van der Waals surface area contributed by atoms with Crippen LogP contribution in [0, 0.1) is 0 Å². The van der Waals surface area contributed by atoms with Crippen molar-refractivity contribution in [1.82, 2.24) is 14.7 Å². The van der Waals surface area contributed by atoms with E-state index in [1.54, 1.807) is 25.1 Å². The number of alkyl halides is 3. The van der Waals surface area contributed by atoms with Crippen LogP contribution < -0.4 is 0 Å². The Hall–Kier alpha value is -2.03. The number of halogens is 3. The molecule has 0 N–H and O–H groups in total. The lowest BCUT2D eigenvalue weighted by atomic mass is 10.2. The molecule has 6 nitrogen and oxygen atoms in total. The summed E-state index contributed by atoms with van der Waals surface area (Å²) in [6, 6.07) is 2.61. The number of hydrogen-bond acceptors (Lipinski definition) is 4. The minimum atomic E-state index is -4.51. The van der Waals surface area contributed by atoms with Crippen LogP contribution in [0.3, 0.4) is 0 Å². The molecular weight excluding hydrogens is 339 g/mol. The third-order valence-corrected chi connectivity index (χ3v) is 4.08. The second kappa shape index (κ2) is 7.90. The van der Waals surface area contributed by atoms with Crippen LogP contribution in [0.25, 0.3) is 0 Å². The van der Waals surface area contributed by atoms with E-state index in [1.807, 2.05) is 0 Å². The Morgan fingerprint density at radius 2 is 2.08 bits per heavy atom. The third kappa shape index (κ3) is 5.48. The third-order valence-electron chi connectivity index (χ3n) is 4.08. The van der Waals surface area contributed by atoms with E-state index in [-0.39, 0.29) is 24.8 Å². The number of carbonyl (C=O) groups excluding carboxylic acids is 2. The molecule has 1 aromatic rings. The highest BCUT2D eigenvalue weighted by molar-refractivity contribution is 5.83. The largest absolute Gasteiger partial charge is 0.467 e. The zero-order chi connectivity index (χ0) is 18.6. The molecule has 2 rings (SSSR count). The van der Waals surface area contributed by atoms with Gasteiger partial charge in [0, 0.05) is 14.1 Å². The second-order valence-corrected chi connectivity index (χ2v) is 6.31. The van der Waals surface area contributed by atoms with Gasteiger partial charge in [-0.05, 0) is 31.5 Å². The molecule has 9 heteroatoms. The maximum Gasteiger partial charge on any atom is 0.406 e. The van der Waals surface area contributed by atoms with Crippen molar-refractivity contribution in [3.05, 3.63) is 24.2 Å². The van der Waals surface area contributed by atoms with E-state index >= 15 is 0 Å². The van der Waals surface area contributed by atoms with Crippen molar-refractivity contribution < 1.29 is 27.2 Å². The topological polar surface area (TPSA) is 57.0 Å². The standard InChI is InChI=1S/C16H22F3N3O3/c1-20(2)15(24)13-6-3-7-21(13)10-14(23)22(11-16(17,18)19)9-12-5-4-8-25-12/h4-5,8,13H,3,6-7,9-11H2,1-2H3. The van der Waals surface area contributed by atoms with Crippen LogP contribution >= 0.6 is 0 Å².